The van der Waals surface area contributed by atoms with Crippen molar-refractivity contribution in [2.45, 2.75) is 31.2 Å². The van der Waals surface area contributed by atoms with E-state index in [1.54, 1.807) is 0 Å². The maximum atomic E-state index is 12.7. The highest BCUT2D eigenvalue weighted by atomic mass is 19.4. The largest absolute Gasteiger partial charge is 0.416 e. The van der Waals surface area contributed by atoms with Gasteiger partial charge in [0.2, 0.25) is 11.8 Å². The Morgan fingerprint density at radius 1 is 1.04 bits per heavy atom. The molecule has 0 aliphatic carbocycles. The zero-order chi connectivity index (χ0) is 17.4. The van der Waals surface area contributed by atoms with Crippen LogP contribution in [0.5, 0.6) is 0 Å². The van der Waals surface area contributed by atoms with Gasteiger partial charge in [-0.1, -0.05) is 0 Å². The first-order chi connectivity index (χ1) is 10.5. The predicted octanol–water partition coefficient (Wildman–Crippen LogP) is 2.94. The van der Waals surface area contributed by atoms with Crippen LogP contribution in [0.15, 0.2) is 18.2 Å². The fourth-order valence-electron chi connectivity index (χ4n) is 2.07. The van der Waals surface area contributed by atoms with Crippen LogP contribution in [0.2, 0.25) is 0 Å². The number of rotatable bonds is 2. The van der Waals surface area contributed by atoms with Crippen LogP contribution in [0.4, 0.5) is 32.0 Å². The molecule has 10 heteroatoms. The highest BCUT2D eigenvalue weighted by molar-refractivity contribution is 5.99. The smallest absolute Gasteiger partial charge is 0.344 e. The first-order valence-electron chi connectivity index (χ1n) is 6.36. The molecule has 0 bridgehead atoms. The Bertz CT molecular complexity index is 606. The van der Waals surface area contributed by atoms with Crippen molar-refractivity contribution in [3.8, 4) is 0 Å². The van der Waals surface area contributed by atoms with Gasteiger partial charge >= 0.3 is 12.4 Å². The molecule has 1 aliphatic heterocycles. The van der Waals surface area contributed by atoms with E-state index in [4.69, 9.17) is 0 Å². The quantitative estimate of drug-likeness (QED) is 0.814. The summed E-state index contributed by atoms with van der Waals surface area (Å²) in [6.45, 7) is 0. The van der Waals surface area contributed by atoms with Gasteiger partial charge in [-0.3, -0.25) is 9.59 Å². The lowest BCUT2D eigenvalue weighted by molar-refractivity contribution is -0.143. The molecule has 1 saturated heterocycles. The third kappa shape index (κ3) is 4.14. The highest BCUT2D eigenvalue weighted by Crippen LogP contribution is 2.37. The molecule has 0 spiro atoms. The summed E-state index contributed by atoms with van der Waals surface area (Å²) in [5, 5.41) is 4.24. The minimum atomic E-state index is -5.00. The van der Waals surface area contributed by atoms with Crippen molar-refractivity contribution in [1.82, 2.24) is 5.32 Å². The van der Waals surface area contributed by atoms with Crippen LogP contribution in [0, 0.1) is 0 Å². The SMILES string of the molecule is O=C1CC[C@@H](C(=O)Nc2cc(C(F)(F)F)cc(C(F)(F)F)c2)N1. The van der Waals surface area contributed by atoms with E-state index in [1.165, 1.54) is 0 Å². The molecule has 0 unspecified atom stereocenters. The molecular formula is C13H10F6N2O2. The van der Waals surface area contributed by atoms with Crippen molar-refractivity contribution in [3.63, 3.8) is 0 Å². The number of alkyl halides is 6. The summed E-state index contributed by atoms with van der Waals surface area (Å²) in [6, 6.07) is -0.202. The maximum absolute atomic E-state index is 12.7. The van der Waals surface area contributed by atoms with Gasteiger partial charge in [0.1, 0.15) is 6.04 Å². The second-order valence-electron chi connectivity index (χ2n) is 4.94. The van der Waals surface area contributed by atoms with Crippen LogP contribution >= 0.6 is 0 Å². The van der Waals surface area contributed by atoms with Crippen molar-refractivity contribution in [2.75, 3.05) is 5.32 Å². The third-order valence-corrected chi connectivity index (χ3v) is 3.17. The van der Waals surface area contributed by atoms with E-state index in [0.717, 1.165) is 0 Å². The van der Waals surface area contributed by atoms with Crippen molar-refractivity contribution < 1.29 is 35.9 Å². The van der Waals surface area contributed by atoms with Gasteiger partial charge in [0, 0.05) is 12.1 Å². The van der Waals surface area contributed by atoms with E-state index >= 15 is 0 Å². The summed E-state index contributed by atoms with van der Waals surface area (Å²) >= 11 is 0. The Kier molecular flexibility index (Phi) is 4.27. The summed E-state index contributed by atoms with van der Waals surface area (Å²) in [6.07, 6.45) is -9.81. The zero-order valence-electron chi connectivity index (χ0n) is 11.3. The molecule has 0 aromatic heterocycles. The fourth-order valence-corrected chi connectivity index (χ4v) is 2.07. The number of carbonyl (C=O) groups excluding carboxylic acids is 2. The molecule has 1 fully saturated rings. The van der Waals surface area contributed by atoms with Gasteiger partial charge in [-0.2, -0.15) is 26.3 Å². The van der Waals surface area contributed by atoms with Crippen LogP contribution in [-0.4, -0.2) is 17.9 Å². The van der Waals surface area contributed by atoms with Gasteiger partial charge in [-0.15, -0.1) is 0 Å². The Hall–Kier alpha value is -2.26. The minimum absolute atomic E-state index is 0.0347. The number of carbonyl (C=O) groups is 2. The van der Waals surface area contributed by atoms with E-state index in [2.05, 4.69) is 5.32 Å². The standard InChI is InChI=1S/C13H10F6N2O2/c14-12(15,16)6-3-7(13(17,18)19)5-8(4-6)20-11(23)9-1-2-10(22)21-9/h3-5,9H,1-2H2,(H,20,23)(H,21,22)/t9-/m0/s1. The molecule has 2 amide bonds. The molecule has 126 valence electrons. The second-order valence-corrected chi connectivity index (χ2v) is 4.94. The molecule has 1 aliphatic rings. The zero-order valence-corrected chi connectivity index (χ0v) is 11.3. The van der Waals surface area contributed by atoms with Gasteiger partial charge in [0.15, 0.2) is 0 Å². The number of nitrogens with one attached hydrogen (secondary N) is 2. The lowest BCUT2D eigenvalue weighted by atomic mass is 10.1. The molecule has 2 N–H and O–H groups in total. The summed E-state index contributed by atoms with van der Waals surface area (Å²) < 4.78 is 76.1. The van der Waals surface area contributed by atoms with Crippen molar-refractivity contribution in [3.05, 3.63) is 29.3 Å². The molecule has 4 nitrogen and oxygen atoms in total. The molecule has 2 rings (SSSR count). The van der Waals surface area contributed by atoms with E-state index in [0.29, 0.717) is 12.1 Å². The van der Waals surface area contributed by atoms with E-state index in [-0.39, 0.29) is 18.9 Å². The predicted molar refractivity (Wildman–Crippen MR) is 66.2 cm³/mol. The van der Waals surface area contributed by atoms with Gasteiger partial charge in [0.05, 0.1) is 11.1 Å². The second kappa shape index (κ2) is 5.74. The molecular weight excluding hydrogens is 330 g/mol. The summed E-state index contributed by atoms with van der Waals surface area (Å²) in [5.41, 5.74) is -3.70. The first kappa shape index (κ1) is 17.1. The molecule has 23 heavy (non-hydrogen) atoms. The number of benzene rings is 1. The summed E-state index contributed by atoms with van der Waals surface area (Å²) in [5.74, 6) is -1.28. The van der Waals surface area contributed by atoms with Gasteiger partial charge < -0.3 is 10.6 Å². The summed E-state index contributed by atoms with van der Waals surface area (Å²) in [7, 11) is 0. The van der Waals surface area contributed by atoms with Gasteiger partial charge in [-0.25, -0.2) is 0 Å². The molecule has 1 heterocycles. The number of amides is 2. The van der Waals surface area contributed by atoms with E-state index in [9.17, 15) is 35.9 Å². The van der Waals surface area contributed by atoms with Crippen molar-refractivity contribution in [1.29, 1.82) is 0 Å². The molecule has 0 radical (unpaired) electrons. The monoisotopic (exact) mass is 340 g/mol. The van der Waals surface area contributed by atoms with Gasteiger partial charge in [-0.05, 0) is 24.6 Å². The topological polar surface area (TPSA) is 58.2 Å². The highest BCUT2D eigenvalue weighted by Gasteiger charge is 2.37. The van der Waals surface area contributed by atoms with Crippen LogP contribution in [0.1, 0.15) is 24.0 Å². The maximum Gasteiger partial charge on any atom is 0.416 e. The Balaban J connectivity index is 2.30. The Morgan fingerprint density at radius 2 is 1.57 bits per heavy atom. The fraction of sp³-hybridized carbons (Fsp3) is 0.385. The normalized spacial score (nSPS) is 18.7. The van der Waals surface area contributed by atoms with Gasteiger partial charge in [0.25, 0.3) is 0 Å². The average molecular weight is 340 g/mol. The molecule has 1 atom stereocenters. The molecule has 0 saturated carbocycles. The van der Waals surface area contributed by atoms with Crippen LogP contribution in [0.3, 0.4) is 0 Å². The van der Waals surface area contributed by atoms with Crippen LogP contribution in [0.25, 0.3) is 0 Å². The lowest BCUT2D eigenvalue weighted by Crippen LogP contribution is -2.37. The Morgan fingerprint density at radius 3 is 1.96 bits per heavy atom. The lowest BCUT2D eigenvalue weighted by Gasteiger charge is -2.16. The summed E-state index contributed by atoms with van der Waals surface area (Å²) in [4.78, 5) is 22.8. The van der Waals surface area contributed by atoms with E-state index in [1.807, 2.05) is 5.32 Å². The molecule has 1 aromatic carbocycles. The average Bonchev–Trinajstić information content (AvgIpc) is 2.83. The van der Waals surface area contributed by atoms with Crippen molar-refractivity contribution in [2.24, 2.45) is 0 Å². The third-order valence-electron chi connectivity index (χ3n) is 3.17. The number of hydrogen-bond donors (Lipinski definition) is 2. The first-order valence-corrected chi connectivity index (χ1v) is 6.36. The number of halogens is 6. The minimum Gasteiger partial charge on any atom is -0.344 e. The van der Waals surface area contributed by atoms with E-state index < -0.39 is 47.0 Å². The molecule has 1 aromatic rings. The van der Waals surface area contributed by atoms with Crippen LogP contribution < -0.4 is 10.6 Å². The van der Waals surface area contributed by atoms with Crippen molar-refractivity contribution >= 4 is 17.5 Å². The Labute approximate surface area is 125 Å². The van der Waals surface area contributed by atoms with Crippen LogP contribution in [-0.2, 0) is 21.9 Å². The number of anilines is 1. The number of hydrogen-bond acceptors (Lipinski definition) is 2.